The van der Waals surface area contributed by atoms with Gasteiger partial charge in [-0.05, 0) is 19.1 Å². The van der Waals surface area contributed by atoms with E-state index in [9.17, 15) is 22.4 Å². The van der Waals surface area contributed by atoms with Crippen LogP contribution in [-0.2, 0) is 14.8 Å². The van der Waals surface area contributed by atoms with Gasteiger partial charge in [0.2, 0.25) is 10.0 Å². The van der Waals surface area contributed by atoms with Crippen LogP contribution in [0.15, 0.2) is 24.3 Å². The molecule has 7 nitrogen and oxygen atoms in total. The first kappa shape index (κ1) is 16.9. The van der Waals surface area contributed by atoms with Gasteiger partial charge in [-0.1, -0.05) is 12.1 Å². The molecular weight excluding hydrogens is 303 g/mol. The summed E-state index contributed by atoms with van der Waals surface area (Å²) in [5, 5.41) is 10.7. The third kappa shape index (κ3) is 4.71. The van der Waals surface area contributed by atoms with Crippen molar-refractivity contribution >= 4 is 27.6 Å². The van der Waals surface area contributed by atoms with E-state index in [1.54, 1.807) is 0 Å². The number of carboxylic acid groups (broad SMARTS) is 1. The highest BCUT2D eigenvalue weighted by atomic mass is 32.2. The van der Waals surface area contributed by atoms with E-state index < -0.39 is 34.6 Å². The lowest BCUT2D eigenvalue weighted by molar-refractivity contribution is -0.139. The summed E-state index contributed by atoms with van der Waals surface area (Å²) >= 11 is 0. The minimum atomic E-state index is -3.60. The van der Waals surface area contributed by atoms with Crippen LogP contribution in [0.4, 0.5) is 10.1 Å². The van der Waals surface area contributed by atoms with Gasteiger partial charge in [0.25, 0.3) is 5.91 Å². The van der Waals surface area contributed by atoms with E-state index >= 15 is 0 Å². The fourth-order valence-electron chi connectivity index (χ4n) is 1.41. The van der Waals surface area contributed by atoms with Gasteiger partial charge in [0.15, 0.2) is 6.04 Å². The van der Waals surface area contributed by atoms with Gasteiger partial charge in [-0.2, -0.15) is 0 Å². The molecule has 0 aliphatic heterocycles. The van der Waals surface area contributed by atoms with Crippen molar-refractivity contribution in [1.29, 1.82) is 0 Å². The van der Waals surface area contributed by atoms with E-state index in [-0.39, 0.29) is 17.0 Å². The molecule has 1 amide bonds. The van der Waals surface area contributed by atoms with Crippen molar-refractivity contribution in [2.24, 2.45) is 0 Å². The summed E-state index contributed by atoms with van der Waals surface area (Å²) in [5.41, 5.74) is -0.0888. The average Bonchev–Trinajstić information content (AvgIpc) is 2.44. The predicted molar refractivity (Wildman–Crippen MR) is 74.4 cm³/mol. The molecule has 0 aromatic heterocycles. The van der Waals surface area contributed by atoms with Crippen molar-refractivity contribution in [1.82, 2.24) is 5.32 Å². The van der Waals surface area contributed by atoms with Gasteiger partial charge < -0.3 is 10.4 Å². The van der Waals surface area contributed by atoms with Crippen molar-refractivity contribution in [2.45, 2.75) is 13.0 Å². The normalized spacial score (nSPS) is 12.5. The smallest absolute Gasteiger partial charge is 0.328 e. The number of amides is 1. The zero-order valence-electron chi connectivity index (χ0n) is 11.2. The summed E-state index contributed by atoms with van der Waals surface area (Å²) < 4.78 is 37.8. The van der Waals surface area contributed by atoms with Crippen LogP contribution < -0.4 is 10.0 Å². The van der Waals surface area contributed by atoms with E-state index in [0.717, 1.165) is 0 Å². The van der Waals surface area contributed by atoms with Crippen LogP contribution in [0.1, 0.15) is 17.3 Å². The molecule has 0 heterocycles. The Bertz CT molecular complexity index is 632. The van der Waals surface area contributed by atoms with Gasteiger partial charge >= 0.3 is 5.97 Å². The highest BCUT2D eigenvalue weighted by Gasteiger charge is 2.22. The summed E-state index contributed by atoms with van der Waals surface area (Å²) in [6, 6.07) is 3.96. The van der Waals surface area contributed by atoms with Gasteiger partial charge in [-0.15, -0.1) is 0 Å². The Labute approximate surface area is 121 Å². The van der Waals surface area contributed by atoms with Crippen molar-refractivity contribution in [3.63, 3.8) is 0 Å². The number of benzene rings is 1. The Balaban J connectivity index is 3.03. The Morgan fingerprint density at radius 2 is 1.95 bits per heavy atom. The van der Waals surface area contributed by atoms with Crippen LogP contribution in [0.5, 0.6) is 0 Å². The minimum Gasteiger partial charge on any atom is -0.480 e. The van der Waals surface area contributed by atoms with Crippen molar-refractivity contribution in [3.8, 4) is 0 Å². The van der Waals surface area contributed by atoms with Crippen LogP contribution in [0.2, 0.25) is 0 Å². The first-order valence-corrected chi connectivity index (χ1v) is 7.65. The molecule has 3 N–H and O–H groups in total. The fraction of sp³-hybridized carbons (Fsp3) is 0.333. The molecule has 0 aliphatic carbocycles. The molecule has 0 spiro atoms. The minimum absolute atomic E-state index is 0.000142. The second-order valence-electron chi connectivity index (χ2n) is 4.07. The van der Waals surface area contributed by atoms with Crippen molar-refractivity contribution in [3.05, 3.63) is 29.8 Å². The first-order chi connectivity index (χ1) is 9.80. The molecule has 1 aromatic carbocycles. The zero-order chi connectivity index (χ0) is 16.0. The average molecular weight is 318 g/mol. The standard InChI is InChI=1S/C12H15FN2O5S/c1-2-21(19,20)15-9-6-4-3-5-8(9)11(16)14-10(7-13)12(17)18/h3-6,10,15H,2,7H2,1H3,(H,14,16)(H,17,18). The van der Waals surface area contributed by atoms with Crippen molar-refractivity contribution in [2.75, 3.05) is 17.1 Å². The topological polar surface area (TPSA) is 113 Å². The van der Waals surface area contributed by atoms with Gasteiger partial charge in [-0.3, -0.25) is 9.52 Å². The quantitative estimate of drug-likeness (QED) is 0.681. The Kier molecular flexibility index (Phi) is 5.65. The molecule has 1 aromatic rings. The summed E-state index contributed by atoms with van der Waals surface area (Å²) in [5.74, 6) is -2.59. The lowest BCUT2D eigenvalue weighted by atomic mass is 10.1. The van der Waals surface area contributed by atoms with E-state index in [1.807, 2.05) is 5.32 Å². The van der Waals surface area contributed by atoms with Gasteiger partial charge in [0.05, 0.1) is 17.0 Å². The monoisotopic (exact) mass is 318 g/mol. The number of carbonyl (C=O) groups is 2. The maximum Gasteiger partial charge on any atom is 0.328 e. The predicted octanol–water partition coefficient (Wildman–Crippen LogP) is 0.601. The molecule has 116 valence electrons. The number of rotatable bonds is 7. The van der Waals surface area contributed by atoms with E-state index in [0.29, 0.717) is 0 Å². The van der Waals surface area contributed by atoms with Crippen LogP contribution in [0.25, 0.3) is 0 Å². The summed E-state index contributed by atoms with van der Waals surface area (Å²) in [6.45, 7) is 0.151. The number of carboxylic acids is 1. The second-order valence-corrected chi connectivity index (χ2v) is 6.08. The summed E-state index contributed by atoms with van der Waals surface area (Å²) in [6.07, 6.45) is 0. The molecule has 1 atom stereocenters. The largest absolute Gasteiger partial charge is 0.480 e. The van der Waals surface area contributed by atoms with Crippen LogP contribution >= 0.6 is 0 Å². The first-order valence-electron chi connectivity index (χ1n) is 6.00. The number of sulfonamides is 1. The SMILES string of the molecule is CCS(=O)(=O)Nc1ccccc1C(=O)NC(CF)C(=O)O. The zero-order valence-corrected chi connectivity index (χ0v) is 12.0. The number of alkyl halides is 1. The number of carbonyl (C=O) groups excluding carboxylic acids is 1. The number of anilines is 1. The highest BCUT2D eigenvalue weighted by molar-refractivity contribution is 7.92. The van der Waals surface area contributed by atoms with Gasteiger partial charge in [-0.25, -0.2) is 17.6 Å². The molecule has 1 unspecified atom stereocenters. The fourth-order valence-corrected chi connectivity index (χ4v) is 2.07. The Morgan fingerprint density at radius 1 is 1.33 bits per heavy atom. The van der Waals surface area contributed by atoms with Crippen molar-refractivity contribution < 1.29 is 27.5 Å². The van der Waals surface area contributed by atoms with E-state index in [4.69, 9.17) is 5.11 Å². The second kappa shape index (κ2) is 7.02. The van der Waals surface area contributed by atoms with Crippen LogP contribution in [-0.4, -0.2) is 43.9 Å². The van der Waals surface area contributed by atoms with Crippen LogP contribution in [0.3, 0.4) is 0 Å². The van der Waals surface area contributed by atoms with Gasteiger partial charge in [0.1, 0.15) is 6.67 Å². The lowest BCUT2D eigenvalue weighted by Gasteiger charge is -2.14. The van der Waals surface area contributed by atoms with Gasteiger partial charge in [0, 0.05) is 0 Å². The number of hydrogen-bond acceptors (Lipinski definition) is 4. The molecule has 0 aliphatic rings. The third-order valence-corrected chi connectivity index (χ3v) is 3.87. The molecule has 0 radical (unpaired) electrons. The maximum atomic E-state index is 12.5. The van der Waals surface area contributed by atoms with E-state index in [2.05, 4.69) is 4.72 Å². The molecule has 0 saturated carbocycles. The highest BCUT2D eigenvalue weighted by Crippen LogP contribution is 2.16. The number of para-hydroxylation sites is 1. The maximum absolute atomic E-state index is 12.5. The molecule has 9 heteroatoms. The summed E-state index contributed by atoms with van der Waals surface area (Å²) in [7, 11) is -3.60. The molecule has 0 fully saturated rings. The van der Waals surface area contributed by atoms with E-state index in [1.165, 1.54) is 31.2 Å². The lowest BCUT2D eigenvalue weighted by Crippen LogP contribution is -2.42. The number of halogens is 1. The number of aliphatic carboxylic acids is 1. The molecule has 21 heavy (non-hydrogen) atoms. The summed E-state index contributed by atoms with van der Waals surface area (Å²) in [4.78, 5) is 22.6. The van der Waals surface area contributed by atoms with Crippen LogP contribution in [0, 0.1) is 0 Å². The molecule has 0 saturated heterocycles. The Hall–Kier alpha value is -2.16. The Morgan fingerprint density at radius 3 is 2.48 bits per heavy atom. The molecular formula is C12H15FN2O5S. The number of hydrogen-bond donors (Lipinski definition) is 3. The third-order valence-electron chi connectivity index (χ3n) is 2.57. The molecule has 1 rings (SSSR count). The molecule has 0 bridgehead atoms. The number of nitrogens with one attached hydrogen (secondary N) is 2.